The summed E-state index contributed by atoms with van der Waals surface area (Å²) in [6, 6.07) is 42.1. The molecular weight excluding hydrogens is 448 g/mol. The summed E-state index contributed by atoms with van der Waals surface area (Å²) in [5.41, 5.74) is 8.73. The van der Waals surface area contributed by atoms with Gasteiger partial charge in [0.05, 0.1) is 5.52 Å². The first-order valence-electron chi connectivity index (χ1n) is 12.8. The minimum absolute atomic E-state index is 1.22. The minimum atomic E-state index is 1.22. The number of fused-ring (bicyclic) bond motifs is 8. The molecule has 0 saturated carbocycles. The number of para-hydroxylation sites is 1. The van der Waals surface area contributed by atoms with Gasteiger partial charge in [-0.2, -0.15) is 0 Å². The van der Waals surface area contributed by atoms with Gasteiger partial charge in [-0.1, -0.05) is 91.0 Å². The van der Waals surface area contributed by atoms with E-state index in [0.717, 1.165) is 0 Å². The largest absolute Gasteiger partial charge is 0.377 e. The average molecular weight is 477 g/mol. The van der Waals surface area contributed by atoms with Gasteiger partial charge in [0.25, 0.3) is 0 Å². The van der Waals surface area contributed by atoms with Crippen molar-refractivity contribution in [3.8, 4) is 22.3 Å². The Hall–Kier alpha value is -4.56. The molecule has 178 valence electrons. The lowest BCUT2D eigenvalue weighted by molar-refractivity contribution is 1.02. The number of nitrogens with zero attached hydrogens (tertiary/aromatic N) is 2. The van der Waals surface area contributed by atoms with Gasteiger partial charge in [0.2, 0.25) is 0 Å². The van der Waals surface area contributed by atoms with E-state index in [1.165, 1.54) is 71.3 Å². The predicted molar refractivity (Wildman–Crippen MR) is 161 cm³/mol. The van der Waals surface area contributed by atoms with E-state index in [4.69, 9.17) is 0 Å². The highest BCUT2D eigenvalue weighted by atomic mass is 15.1. The second-order valence-electron chi connectivity index (χ2n) is 10.1. The Morgan fingerprint density at radius 1 is 0.514 bits per heavy atom. The first kappa shape index (κ1) is 21.7. The lowest BCUT2D eigenvalue weighted by Gasteiger charge is -2.18. The molecule has 0 unspecified atom stereocenters. The Balaban J connectivity index is 1.50. The zero-order chi connectivity index (χ0) is 25.1. The van der Waals surface area contributed by atoms with E-state index in [1.807, 2.05) is 0 Å². The maximum atomic E-state index is 2.38. The normalized spacial score (nSPS) is 11.6. The summed E-state index contributed by atoms with van der Waals surface area (Å²) in [4.78, 5) is 2.18. The van der Waals surface area contributed by atoms with Crippen LogP contribution >= 0.6 is 0 Å². The molecule has 7 aromatic rings. The molecular formula is C35H28N2. The Kier molecular flexibility index (Phi) is 4.84. The number of rotatable bonds is 3. The third-order valence-electron chi connectivity index (χ3n) is 7.76. The Morgan fingerprint density at radius 3 is 1.92 bits per heavy atom. The Labute approximate surface area is 217 Å². The molecule has 7 rings (SSSR count). The van der Waals surface area contributed by atoms with Crippen LogP contribution in [0.4, 0.5) is 5.69 Å². The summed E-state index contributed by atoms with van der Waals surface area (Å²) in [5, 5.41) is 7.87. The first-order valence-corrected chi connectivity index (χ1v) is 12.8. The van der Waals surface area contributed by atoms with Crippen LogP contribution in [-0.4, -0.2) is 18.7 Å². The van der Waals surface area contributed by atoms with Gasteiger partial charge in [-0.25, -0.2) is 0 Å². The van der Waals surface area contributed by atoms with Crippen LogP contribution in [0.3, 0.4) is 0 Å². The molecule has 0 fully saturated rings. The summed E-state index contributed by atoms with van der Waals surface area (Å²) >= 11 is 0. The van der Waals surface area contributed by atoms with E-state index in [0.29, 0.717) is 0 Å². The molecule has 2 nitrogen and oxygen atoms in total. The van der Waals surface area contributed by atoms with Crippen molar-refractivity contribution in [3.05, 3.63) is 115 Å². The molecule has 0 aliphatic heterocycles. The molecule has 6 aromatic carbocycles. The minimum Gasteiger partial charge on any atom is -0.377 e. The molecule has 0 N–H and O–H groups in total. The van der Waals surface area contributed by atoms with Crippen molar-refractivity contribution in [2.24, 2.45) is 7.05 Å². The monoisotopic (exact) mass is 476 g/mol. The van der Waals surface area contributed by atoms with Crippen molar-refractivity contribution in [1.82, 2.24) is 4.57 Å². The van der Waals surface area contributed by atoms with Crippen LogP contribution in [0, 0.1) is 0 Å². The molecule has 1 aromatic heterocycles. The Morgan fingerprint density at radius 2 is 1.14 bits per heavy atom. The first-order chi connectivity index (χ1) is 18.1. The molecule has 1 heterocycles. The average Bonchev–Trinajstić information content (AvgIpc) is 3.25. The fraction of sp³-hybridized carbons (Fsp3) is 0.0857. The molecule has 0 atom stereocenters. The van der Waals surface area contributed by atoms with Crippen molar-refractivity contribution in [3.63, 3.8) is 0 Å². The zero-order valence-electron chi connectivity index (χ0n) is 21.4. The molecule has 0 saturated heterocycles. The fourth-order valence-corrected chi connectivity index (χ4v) is 6.05. The van der Waals surface area contributed by atoms with E-state index in [1.54, 1.807) is 0 Å². The van der Waals surface area contributed by atoms with Gasteiger partial charge in [-0.15, -0.1) is 0 Å². The van der Waals surface area contributed by atoms with Crippen LogP contribution in [0.2, 0.25) is 0 Å². The van der Waals surface area contributed by atoms with Gasteiger partial charge in [-0.05, 0) is 57.1 Å². The van der Waals surface area contributed by atoms with Crippen molar-refractivity contribution < 1.29 is 0 Å². The molecule has 0 radical (unpaired) electrons. The summed E-state index contributed by atoms with van der Waals surface area (Å²) < 4.78 is 2.37. The SMILES string of the molecule is CN(C)c1ccccc1-c1cccc(-c2ccc3c(c2)c2c4ccccc4c4ccccc4c2n3C)c1. The van der Waals surface area contributed by atoms with Crippen LogP contribution in [0.15, 0.2) is 115 Å². The number of aryl methyl sites for hydroxylation is 1. The number of anilines is 1. The molecule has 37 heavy (non-hydrogen) atoms. The maximum Gasteiger partial charge on any atom is 0.0574 e. The third kappa shape index (κ3) is 3.26. The highest BCUT2D eigenvalue weighted by Gasteiger charge is 2.17. The van der Waals surface area contributed by atoms with Crippen LogP contribution in [0.1, 0.15) is 0 Å². The molecule has 0 spiro atoms. The van der Waals surface area contributed by atoms with Gasteiger partial charge in [0.15, 0.2) is 0 Å². The zero-order valence-corrected chi connectivity index (χ0v) is 21.4. The quantitative estimate of drug-likeness (QED) is 0.231. The summed E-state index contributed by atoms with van der Waals surface area (Å²) in [6.07, 6.45) is 0. The van der Waals surface area contributed by atoms with Crippen LogP contribution in [0.5, 0.6) is 0 Å². The number of hydrogen-bond donors (Lipinski definition) is 0. The number of benzene rings is 6. The third-order valence-corrected chi connectivity index (χ3v) is 7.76. The maximum absolute atomic E-state index is 2.38. The van der Waals surface area contributed by atoms with Gasteiger partial charge >= 0.3 is 0 Å². The van der Waals surface area contributed by atoms with Crippen molar-refractivity contribution in [2.45, 2.75) is 0 Å². The predicted octanol–water partition coefficient (Wildman–Crippen LogP) is 9.04. The highest BCUT2D eigenvalue weighted by molar-refractivity contribution is 6.31. The molecule has 0 bridgehead atoms. The number of hydrogen-bond acceptors (Lipinski definition) is 1. The molecule has 0 aliphatic rings. The van der Waals surface area contributed by atoms with Crippen LogP contribution in [0.25, 0.3) is 65.6 Å². The van der Waals surface area contributed by atoms with E-state index >= 15 is 0 Å². The van der Waals surface area contributed by atoms with E-state index < -0.39 is 0 Å². The molecule has 0 amide bonds. The number of aromatic nitrogens is 1. The summed E-state index contributed by atoms with van der Waals surface area (Å²) in [7, 11) is 6.40. The second-order valence-corrected chi connectivity index (χ2v) is 10.1. The second kappa shape index (κ2) is 8.25. The molecule has 2 heteroatoms. The Bertz CT molecular complexity index is 1970. The van der Waals surface area contributed by atoms with Crippen molar-refractivity contribution in [2.75, 3.05) is 19.0 Å². The van der Waals surface area contributed by atoms with Gasteiger partial charge in [0.1, 0.15) is 0 Å². The van der Waals surface area contributed by atoms with Gasteiger partial charge in [-0.3, -0.25) is 0 Å². The smallest absolute Gasteiger partial charge is 0.0574 e. The van der Waals surface area contributed by atoms with Crippen LogP contribution in [-0.2, 0) is 7.05 Å². The lowest BCUT2D eigenvalue weighted by atomic mass is 9.95. The van der Waals surface area contributed by atoms with Crippen molar-refractivity contribution >= 4 is 49.0 Å². The highest BCUT2D eigenvalue weighted by Crippen LogP contribution is 2.42. The van der Waals surface area contributed by atoms with Crippen LogP contribution < -0.4 is 4.90 Å². The van der Waals surface area contributed by atoms with E-state index in [-0.39, 0.29) is 0 Å². The van der Waals surface area contributed by atoms with Gasteiger partial charge in [0, 0.05) is 54.1 Å². The standard InChI is InChI=1S/C35H28N2/c1-36(2)32-18-9-8-13-26(32)25-12-10-11-23(21-25)24-19-20-33-31(22-24)34-29-16-6-4-14-27(29)28-15-5-7-17-30(28)35(34)37(33)3/h4-22H,1-3H3. The van der Waals surface area contributed by atoms with Gasteiger partial charge < -0.3 is 9.47 Å². The topological polar surface area (TPSA) is 8.17 Å². The summed E-state index contributed by atoms with van der Waals surface area (Å²) in [6.45, 7) is 0. The summed E-state index contributed by atoms with van der Waals surface area (Å²) in [5.74, 6) is 0. The lowest BCUT2D eigenvalue weighted by Crippen LogP contribution is -2.09. The van der Waals surface area contributed by atoms with Crippen molar-refractivity contribution in [1.29, 1.82) is 0 Å². The fourth-order valence-electron chi connectivity index (χ4n) is 6.05. The van der Waals surface area contributed by atoms with E-state index in [9.17, 15) is 0 Å². The molecule has 0 aliphatic carbocycles. The van der Waals surface area contributed by atoms with E-state index in [2.05, 4.69) is 146 Å².